The van der Waals surface area contributed by atoms with Gasteiger partial charge in [0.2, 0.25) is 11.8 Å². The first-order valence-electron chi connectivity index (χ1n) is 8.43. The van der Waals surface area contributed by atoms with E-state index >= 15 is 0 Å². The average Bonchev–Trinajstić information content (AvgIpc) is 3.29. The maximum Gasteiger partial charge on any atom is 0.226 e. The van der Waals surface area contributed by atoms with Crippen molar-refractivity contribution in [2.75, 3.05) is 0 Å². The summed E-state index contributed by atoms with van der Waals surface area (Å²) in [7, 11) is 0. The topological polar surface area (TPSA) is 83.8 Å². The summed E-state index contributed by atoms with van der Waals surface area (Å²) < 4.78 is 5.47. The highest BCUT2D eigenvalue weighted by atomic mass is 16.3. The number of aromatic nitrogens is 3. The zero-order valence-corrected chi connectivity index (χ0v) is 14.3. The highest BCUT2D eigenvalue weighted by Gasteiger charge is 2.15. The number of imidazole rings is 1. The number of fused-ring (bicyclic) bond motifs is 1. The largest absolute Gasteiger partial charge is 0.444 e. The Bertz CT molecular complexity index is 1000. The van der Waals surface area contributed by atoms with Crippen molar-refractivity contribution in [1.82, 2.24) is 20.3 Å². The van der Waals surface area contributed by atoms with Crippen LogP contribution in [0.25, 0.3) is 22.5 Å². The van der Waals surface area contributed by atoms with Gasteiger partial charge in [0.05, 0.1) is 29.2 Å². The molecule has 4 aromatic rings. The van der Waals surface area contributed by atoms with Gasteiger partial charge in [-0.15, -0.1) is 0 Å². The molecule has 0 spiro atoms. The van der Waals surface area contributed by atoms with Gasteiger partial charge in [0.25, 0.3) is 0 Å². The summed E-state index contributed by atoms with van der Waals surface area (Å²) in [5.74, 6) is 1.11. The molecule has 1 unspecified atom stereocenters. The minimum Gasteiger partial charge on any atom is -0.444 e. The molecule has 2 aromatic carbocycles. The predicted molar refractivity (Wildman–Crippen MR) is 98.3 cm³/mol. The third-order valence-corrected chi connectivity index (χ3v) is 4.11. The molecule has 0 aliphatic carbocycles. The molecule has 0 bridgehead atoms. The van der Waals surface area contributed by atoms with Gasteiger partial charge in [0.1, 0.15) is 12.1 Å². The molecular formula is C20H18N4O2. The number of nitrogens with one attached hydrogen (secondary N) is 2. The molecule has 0 saturated heterocycles. The van der Waals surface area contributed by atoms with E-state index in [1.54, 1.807) is 0 Å². The molecule has 0 saturated carbocycles. The van der Waals surface area contributed by atoms with Crippen LogP contribution in [0, 0.1) is 0 Å². The number of oxazole rings is 1. The van der Waals surface area contributed by atoms with Crippen LogP contribution >= 0.6 is 0 Å². The average molecular weight is 346 g/mol. The van der Waals surface area contributed by atoms with Gasteiger partial charge in [-0.3, -0.25) is 4.79 Å². The van der Waals surface area contributed by atoms with Gasteiger partial charge in [-0.1, -0.05) is 30.3 Å². The number of carbonyl (C=O) groups excluding carboxylic acids is 1. The lowest BCUT2D eigenvalue weighted by Crippen LogP contribution is -2.28. The summed E-state index contributed by atoms with van der Waals surface area (Å²) in [6.07, 6.45) is 1.68. The van der Waals surface area contributed by atoms with E-state index in [-0.39, 0.29) is 18.4 Å². The Balaban J connectivity index is 1.41. The Kier molecular flexibility index (Phi) is 4.23. The number of aromatic amines is 1. The van der Waals surface area contributed by atoms with E-state index in [4.69, 9.17) is 4.42 Å². The SMILES string of the molecule is CC(NC(=O)Cc1coc(-c2ccccc2)n1)c1nc2ccccc2[nH]1. The lowest BCUT2D eigenvalue weighted by atomic mass is 10.2. The van der Waals surface area contributed by atoms with E-state index in [2.05, 4.69) is 20.3 Å². The van der Waals surface area contributed by atoms with Crippen molar-refractivity contribution >= 4 is 16.9 Å². The minimum atomic E-state index is -0.226. The molecule has 0 aliphatic heterocycles. The molecule has 0 fully saturated rings. The molecule has 1 amide bonds. The molecule has 2 heterocycles. The Morgan fingerprint density at radius 3 is 2.69 bits per heavy atom. The van der Waals surface area contributed by atoms with Crippen LogP contribution in [0.15, 0.2) is 65.3 Å². The summed E-state index contributed by atoms with van der Waals surface area (Å²) >= 11 is 0. The van der Waals surface area contributed by atoms with Gasteiger partial charge in [-0.2, -0.15) is 0 Å². The van der Waals surface area contributed by atoms with Gasteiger partial charge < -0.3 is 14.7 Å². The molecule has 6 heteroatoms. The van der Waals surface area contributed by atoms with Crippen molar-refractivity contribution in [1.29, 1.82) is 0 Å². The second-order valence-corrected chi connectivity index (χ2v) is 6.12. The number of para-hydroxylation sites is 2. The fourth-order valence-electron chi connectivity index (χ4n) is 2.80. The zero-order valence-electron chi connectivity index (χ0n) is 14.3. The van der Waals surface area contributed by atoms with E-state index in [0.29, 0.717) is 11.6 Å². The molecule has 0 radical (unpaired) electrons. The Morgan fingerprint density at radius 2 is 1.88 bits per heavy atom. The molecule has 130 valence electrons. The Hall–Kier alpha value is -3.41. The fraction of sp³-hybridized carbons (Fsp3) is 0.150. The lowest BCUT2D eigenvalue weighted by Gasteiger charge is -2.10. The maximum absolute atomic E-state index is 12.3. The van der Waals surface area contributed by atoms with Gasteiger partial charge in [-0.05, 0) is 31.2 Å². The summed E-state index contributed by atoms with van der Waals surface area (Å²) in [6.45, 7) is 1.90. The molecule has 4 rings (SSSR count). The third kappa shape index (κ3) is 3.35. The van der Waals surface area contributed by atoms with Crippen LogP contribution in [-0.4, -0.2) is 20.9 Å². The third-order valence-electron chi connectivity index (χ3n) is 4.11. The predicted octanol–water partition coefficient (Wildman–Crippen LogP) is 3.64. The molecule has 6 nitrogen and oxygen atoms in total. The molecule has 26 heavy (non-hydrogen) atoms. The van der Waals surface area contributed by atoms with E-state index in [1.807, 2.05) is 61.5 Å². The van der Waals surface area contributed by atoms with Gasteiger partial charge in [0.15, 0.2) is 0 Å². The number of hydrogen-bond acceptors (Lipinski definition) is 4. The van der Waals surface area contributed by atoms with Gasteiger partial charge in [0, 0.05) is 5.56 Å². The second kappa shape index (κ2) is 6.84. The molecular weight excluding hydrogens is 328 g/mol. The second-order valence-electron chi connectivity index (χ2n) is 6.12. The normalized spacial score (nSPS) is 12.2. The van der Waals surface area contributed by atoms with Crippen LogP contribution in [-0.2, 0) is 11.2 Å². The van der Waals surface area contributed by atoms with E-state index in [1.165, 1.54) is 6.26 Å². The van der Waals surface area contributed by atoms with Crippen LogP contribution in [0.4, 0.5) is 0 Å². The molecule has 2 N–H and O–H groups in total. The summed E-state index contributed by atoms with van der Waals surface area (Å²) in [4.78, 5) is 24.4. The Morgan fingerprint density at radius 1 is 1.12 bits per heavy atom. The fourth-order valence-corrected chi connectivity index (χ4v) is 2.80. The van der Waals surface area contributed by atoms with E-state index < -0.39 is 0 Å². The molecule has 1 atom stereocenters. The van der Waals surface area contributed by atoms with E-state index in [9.17, 15) is 4.79 Å². The highest BCUT2D eigenvalue weighted by molar-refractivity contribution is 5.79. The lowest BCUT2D eigenvalue weighted by molar-refractivity contribution is -0.121. The van der Waals surface area contributed by atoms with Crippen molar-refractivity contribution in [3.8, 4) is 11.5 Å². The number of carbonyl (C=O) groups is 1. The highest BCUT2D eigenvalue weighted by Crippen LogP contribution is 2.19. The van der Waals surface area contributed by atoms with Crippen molar-refractivity contribution in [3.05, 3.63) is 72.4 Å². The summed E-state index contributed by atoms with van der Waals surface area (Å²) in [5, 5.41) is 2.94. The molecule has 2 aromatic heterocycles. The van der Waals surface area contributed by atoms with Crippen LogP contribution < -0.4 is 5.32 Å². The quantitative estimate of drug-likeness (QED) is 0.578. The minimum absolute atomic E-state index is 0.133. The van der Waals surface area contributed by atoms with Crippen LogP contribution in [0.2, 0.25) is 0 Å². The number of benzene rings is 2. The summed E-state index contributed by atoms with van der Waals surface area (Å²) in [6, 6.07) is 17.1. The monoisotopic (exact) mass is 346 g/mol. The maximum atomic E-state index is 12.3. The number of H-pyrrole nitrogens is 1. The number of hydrogen-bond donors (Lipinski definition) is 2. The van der Waals surface area contributed by atoms with Crippen LogP contribution in [0.5, 0.6) is 0 Å². The van der Waals surface area contributed by atoms with E-state index in [0.717, 1.165) is 22.4 Å². The smallest absolute Gasteiger partial charge is 0.226 e. The van der Waals surface area contributed by atoms with Crippen LogP contribution in [0.1, 0.15) is 24.5 Å². The van der Waals surface area contributed by atoms with Gasteiger partial charge >= 0.3 is 0 Å². The number of nitrogens with zero attached hydrogens (tertiary/aromatic N) is 2. The zero-order chi connectivity index (χ0) is 17.9. The summed E-state index contributed by atoms with van der Waals surface area (Å²) in [5.41, 5.74) is 3.31. The van der Waals surface area contributed by atoms with Crippen molar-refractivity contribution in [3.63, 3.8) is 0 Å². The number of rotatable bonds is 5. The van der Waals surface area contributed by atoms with Crippen molar-refractivity contribution in [2.24, 2.45) is 0 Å². The standard InChI is InChI=1S/C20H18N4O2/c1-13(19-23-16-9-5-6-10-17(16)24-19)21-18(25)11-15-12-26-20(22-15)14-7-3-2-4-8-14/h2-10,12-13H,11H2,1H3,(H,21,25)(H,23,24). The molecule has 0 aliphatic rings. The first kappa shape index (κ1) is 16.1. The first-order chi connectivity index (χ1) is 12.7. The van der Waals surface area contributed by atoms with Gasteiger partial charge in [-0.25, -0.2) is 9.97 Å². The number of amides is 1. The van der Waals surface area contributed by atoms with Crippen LogP contribution in [0.3, 0.4) is 0 Å². The van der Waals surface area contributed by atoms with Crippen molar-refractivity contribution in [2.45, 2.75) is 19.4 Å². The van der Waals surface area contributed by atoms with Crippen molar-refractivity contribution < 1.29 is 9.21 Å². The Labute approximate surface area is 150 Å². The first-order valence-corrected chi connectivity index (χ1v) is 8.43.